The van der Waals surface area contributed by atoms with E-state index in [1.165, 1.54) is 19.3 Å². The molecule has 0 aliphatic carbocycles. The second-order valence-corrected chi connectivity index (χ2v) is 30.7. The second-order valence-electron chi connectivity index (χ2n) is 30.7. The zero-order chi connectivity index (χ0) is 79.5. The van der Waals surface area contributed by atoms with Crippen molar-refractivity contribution in [2.45, 2.75) is 232 Å². The van der Waals surface area contributed by atoms with E-state index in [0.29, 0.717) is 57.1 Å². The number of urea groups is 1. The summed E-state index contributed by atoms with van der Waals surface area (Å²) >= 11 is 0. The topological polar surface area (TPSA) is 380 Å². The van der Waals surface area contributed by atoms with Crippen molar-refractivity contribution in [1.29, 1.82) is 0 Å². The third kappa shape index (κ3) is 26.6. The average Bonchev–Trinajstić information content (AvgIpc) is 1.77. The highest BCUT2D eigenvalue weighted by atomic mass is 16.5. The number of methoxy groups -OCH3 is 2. The highest BCUT2D eigenvalue weighted by Crippen LogP contribution is 2.33. The van der Waals surface area contributed by atoms with Crippen molar-refractivity contribution < 1.29 is 87.1 Å². The van der Waals surface area contributed by atoms with Gasteiger partial charge in [0.15, 0.2) is 17.3 Å². The molecule has 0 saturated carbocycles. The second kappa shape index (κ2) is 44.1. The number of hydrogen-bond donors (Lipinski definition) is 8. The molecular weight excluding hydrogens is 1370 g/mol. The summed E-state index contributed by atoms with van der Waals surface area (Å²) in [6.45, 7) is 17.7. The van der Waals surface area contributed by atoms with Gasteiger partial charge in [-0.3, -0.25) is 62.5 Å². The van der Waals surface area contributed by atoms with Crippen molar-refractivity contribution in [1.82, 2.24) is 40.9 Å². The molecule has 3 aliphatic rings. The summed E-state index contributed by atoms with van der Waals surface area (Å²) in [5.74, 6) is -7.72. The number of nitrogens with zero attached hydrogens (tertiary/aromatic N) is 4. The van der Waals surface area contributed by atoms with Gasteiger partial charge in [-0.1, -0.05) is 130 Å². The number of carbonyl (C=O) groups is 12. The van der Waals surface area contributed by atoms with Gasteiger partial charge in [-0.25, -0.2) is 4.79 Å². The average molecular weight is 1500 g/mol. The number of likely N-dealkylation sites (tertiary alicyclic amines) is 1. The van der Waals surface area contributed by atoms with Crippen LogP contribution in [0.1, 0.15) is 162 Å². The van der Waals surface area contributed by atoms with Crippen LogP contribution >= 0.6 is 0 Å². The van der Waals surface area contributed by atoms with E-state index >= 15 is 0 Å². The molecule has 9 amide bonds. The van der Waals surface area contributed by atoms with Crippen molar-refractivity contribution in [3.63, 3.8) is 0 Å². The van der Waals surface area contributed by atoms with Gasteiger partial charge in [0, 0.05) is 122 Å². The summed E-state index contributed by atoms with van der Waals surface area (Å²) in [6.07, 6.45) is -3.78. The van der Waals surface area contributed by atoms with Crippen LogP contribution in [-0.2, 0) is 86.2 Å². The number of ether oxygens (including phenoxy) is 3. The van der Waals surface area contributed by atoms with Crippen molar-refractivity contribution in [2.75, 3.05) is 68.1 Å². The summed E-state index contributed by atoms with van der Waals surface area (Å²) < 4.78 is 18.1. The van der Waals surface area contributed by atoms with Crippen LogP contribution in [0, 0.1) is 47.3 Å². The lowest BCUT2D eigenvalue weighted by molar-refractivity contribution is -0.218. The molecule has 0 radical (unpaired) electrons. The van der Waals surface area contributed by atoms with E-state index in [-0.39, 0.29) is 136 Å². The fourth-order valence-corrected chi connectivity index (χ4v) is 15.2. The highest BCUT2D eigenvalue weighted by Gasteiger charge is 2.48. The van der Waals surface area contributed by atoms with E-state index in [1.54, 1.807) is 56.9 Å². The molecule has 3 heterocycles. The molecule has 0 aromatic heterocycles. The van der Waals surface area contributed by atoms with Gasteiger partial charge in [-0.2, -0.15) is 0 Å². The fraction of sp³-hybridized carbons (Fsp3) is 0.675. The molecule has 2 aromatic rings. The molecule has 16 atom stereocenters. The number of aliphatic hydroxyl groups is 3. The number of rotatable bonds is 47. The lowest BCUT2D eigenvalue weighted by Gasteiger charge is -2.41. The third-order valence-corrected chi connectivity index (χ3v) is 21.6. The maximum atomic E-state index is 14.7. The Morgan fingerprint density at radius 2 is 1.32 bits per heavy atom. The molecule has 27 nitrogen and oxygen atoms in total. The molecule has 2 aromatic carbocycles. The van der Waals surface area contributed by atoms with Gasteiger partial charge in [0.25, 0.3) is 11.8 Å². The fourth-order valence-electron chi connectivity index (χ4n) is 15.2. The number of benzene rings is 2. The van der Waals surface area contributed by atoms with Crippen LogP contribution < -0.4 is 27.0 Å². The number of amides is 9. The molecule has 0 spiro atoms. The van der Waals surface area contributed by atoms with Crippen LogP contribution in [0.25, 0.3) is 0 Å². The molecule has 2 fully saturated rings. The Kier molecular flexibility index (Phi) is 37.1. The van der Waals surface area contributed by atoms with Crippen molar-refractivity contribution >= 4 is 70.5 Å². The van der Waals surface area contributed by atoms with Crippen LogP contribution in [0.5, 0.6) is 0 Å². The smallest absolute Gasteiger partial charge is 0.312 e. The first-order valence-electron chi connectivity index (χ1n) is 38.3. The molecule has 3 aliphatic heterocycles. The van der Waals surface area contributed by atoms with Crippen LogP contribution in [0.2, 0.25) is 0 Å². The number of hydrogen-bond acceptors (Lipinski definition) is 19. The number of likely N-dealkylation sites (N-methyl/N-ethyl adjacent to an activating group) is 2. The van der Waals surface area contributed by atoms with Crippen molar-refractivity contribution in [3.8, 4) is 0 Å². The Balaban J connectivity index is 1.19. The maximum absolute atomic E-state index is 14.7. The van der Waals surface area contributed by atoms with Gasteiger partial charge < -0.3 is 66.3 Å². The lowest BCUT2D eigenvalue weighted by Crippen LogP contribution is -2.62. The molecule has 9 N–H and O–H groups in total. The number of unbranched alkanes of at least 4 members (excludes halogenated alkanes) is 2. The predicted molar refractivity (Wildman–Crippen MR) is 402 cm³/mol. The van der Waals surface area contributed by atoms with Crippen LogP contribution in [0.3, 0.4) is 0 Å². The first-order chi connectivity index (χ1) is 50.6. The molecule has 27 heteroatoms. The van der Waals surface area contributed by atoms with Crippen LogP contribution in [-0.4, -0.2) is 240 Å². The maximum Gasteiger partial charge on any atom is 0.312 e. The molecule has 596 valence electrons. The minimum Gasteiger partial charge on any atom is -0.388 e. The summed E-state index contributed by atoms with van der Waals surface area (Å²) in [6, 6.07) is 13.4. The zero-order valence-electron chi connectivity index (χ0n) is 65.5. The summed E-state index contributed by atoms with van der Waals surface area (Å²) in [5.41, 5.74) is 7.60. The summed E-state index contributed by atoms with van der Waals surface area (Å²) in [4.78, 5) is 169. The summed E-state index contributed by atoms with van der Waals surface area (Å²) in [7, 11) is 8.57. The Morgan fingerprint density at radius 1 is 0.673 bits per heavy atom. The van der Waals surface area contributed by atoms with Gasteiger partial charge in [0.05, 0.1) is 42.8 Å². The molecule has 0 bridgehead atoms. The first kappa shape index (κ1) is 90.0. The number of aliphatic hydroxyl groups excluding tert-OH is 3. The minimum absolute atomic E-state index is 0.00513. The van der Waals surface area contributed by atoms with E-state index in [1.807, 2.05) is 103 Å². The molecule has 2 saturated heterocycles. The number of primary amides is 1. The molecular formula is C80H123N9O18. The number of imide groups is 1. The van der Waals surface area contributed by atoms with Crippen LogP contribution in [0.15, 0.2) is 66.7 Å². The Hall–Kier alpha value is -7.66. The quantitative estimate of drug-likeness (QED) is 0.0331. The number of ketones is 4. The van der Waals surface area contributed by atoms with E-state index in [0.717, 1.165) is 16.0 Å². The largest absolute Gasteiger partial charge is 0.388 e. The van der Waals surface area contributed by atoms with Gasteiger partial charge in [-0.15, -0.1) is 0 Å². The van der Waals surface area contributed by atoms with Gasteiger partial charge >= 0.3 is 6.03 Å². The SMILES string of the molecule is CCC(C)C(C(CC(=O)N1CCCC1C(OC)C(C)C(=O)C[C@@H](Cc1ccccc1)C(=O)NCCc1ccc(CC(=O)[C@H](CCCNC(N)=O)NC(=O)C(CC(=O)C2O[C@@H](CNC(=O)CCCCCN3C(=O)C=CC3=O)[C@H](O)[C@@H](O)[C@@H]2O)C(C)C)cc1)OC)N(C)C(=O)[C@@H](CC(=O)C(C(C)C)N(C)C)C(C)C. The monoisotopic (exact) mass is 1500 g/mol. The van der Waals surface area contributed by atoms with E-state index in [4.69, 9.17) is 19.9 Å². The predicted octanol–water partition coefficient (Wildman–Crippen LogP) is 4.63. The van der Waals surface area contributed by atoms with E-state index in [9.17, 15) is 72.9 Å². The number of nitrogens with two attached hydrogens (primary N) is 1. The molecule has 5 rings (SSSR count). The van der Waals surface area contributed by atoms with Crippen molar-refractivity contribution in [3.05, 3.63) is 83.4 Å². The summed E-state index contributed by atoms with van der Waals surface area (Å²) in [5, 5.41) is 43.6. The normalized spacial score (nSPS) is 20.9. The number of Topliss-reactive ketones (excluding diaryl/α,β-unsaturated/α-hetero) is 4. The van der Waals surface area contributed by atoms with Gasteiger partial charge in [-0.05, 0) is 106 Å². The molecule has 9 unspecified atom stereocenters. The third-order valence-electron chi connectivity index (χ3n) is 21.6. The first-order valence-corrected chi connectivity index (χ1v) is 38.3. The number of nitrogens with one attached hydrogen (secondary N) is 4. The Bertz CT molecular complexity index is 3290. The highest BCUT2D eigenvalue weighted by molar-refractivity contribution is 6.12. The number of carbonyl (C=O) groups excluding carboxylic acids is 12. The van der Waals surface area contributed by atoms with E-state index < -0.39 is 132 Å². The van der Waals surface area contributed by atoms with Crippen molar-refractivity contribution in [2.24, 2.45) is 53.1 Å². The van der Waals surface area contributed by atoms with E-state index in [2.05, 4.69) is 21.3 Å². The van der Waals surface area contributed by atoms with Gasteiger partial charge in [0.2, 0.25) is 29.5 Å². The Morgan fingerprint density at radius 3 is 1.91 bits per heavy atom. The Labute approximate surface area is 632 Å². The van der Waals surface area contributed by atoms with Crippen LogP contribution in [0.4, 0.5) is 4.79 Å². The standard InChI is InChI=1S/C80H123N9O18/c1-15-50(8)71(87(12)79(103)57(48(4)5)44-62(92)70(49(6)7)86(10)11)64(105-13)45-69(97)88-39-23-27-59(88)75(106-14)51(9)60(90)42-55(40-53-24-18-16-19-25-53)77(101)82-37-35-52-29-31-54(32-30-52)41-61(91)58(26-22-36-83-80(81)104)85-78(102)56(47(2)3)43-63(93)76-74(100)73(99)72(98)65(107-76)46-84-66(94)28-20-17-21-38-89-67(95)33-34-68(89)96/h16,18-19,24-25,29-34,47-51,55-59,64-65,70-76,98-100H,15,17,20-23,26-28,35-46H2,1-14H3,(H,82,101)(H,84,94)(H,85,102)(H3,81,83,104)/t50?,51?,55-,56?,57+,58+,59?,64?,65+,70?,71?,72+,73-,74+,75?,76?/m1/s1. The zero-order valence-corrected chi connectivity index (χ0v) is 65.5. The lowest BCUT2D eigenvalue weighted by atomic mass is 9.83. The minimum atomic E-state index is -1.89. The van der Waals surface area contributed by atoms with Gasteiger partial charge in [0.1, 0.15) is 36.3 Å². The molecule has 107 heavy (non-hydrogen) atoms.